The number of aliphatic hydroxyl groups excluding tert-OH is 3. The average molecular weight is 387 g/mol. The third-order valence-corrected chi connectivity index (χ3v) is 4.64. The van der Waals surface area contributed by atoms with E-state index < -0.39 is 42.6 Å². The van der Waals surface area contributed by atoms with Crippen molar-refractivity contribution >= 4 is 23.0 Å². The molecule has 4 atom stereocenters. The van der Waals surface area contributed by atoms with Gasteiger partial charge in [-0.05, 0) is 12.1 Å². The third-order valence-electron chi connectivity index (χ3n) is 4.64. The summed E-state index contributed by atoms with van der Waals surface area (Å²) in [5, 5.41) is 29.3. The summed E-state index contributed by atoms with van der Waals surface area (Å²) in [6.45, 7) is -0.505. The van der Waals surface area contributed by atoms with Gasteiger partial charge < -0.3 is 25.8 Å². The Hall–Kier alpha value is -3.12. The molecule has 11 heteroatoms. The molecule has 11 nitrogen and oxygen atoms in total. The Labute approximate surface area is 157 Å². The second-order valence-electron chi connectivity index (χ2n) is 6.33. The Kier molecular flexibility index (Phi) is 4.43. The van der Waals surface area contributed by atoms with Crippen molar-refractivity contribution in [3.05, 3.63) is 52.6 Å². The molecule has 2 aromatic heterocycles. The summed E-state index contributed by atoms with van der Waals surface area (Å²) in [6, 6.07) is 8.10. The van der Waals surface area contributed by atoms with Gasteiger partial charge in [0.2, 0.25) is 5.95 Å². The fourth-order valence-electron chi connectivity index (χ4n) is 3.19. The lowest BCUT2D eigenvalue weighted by Gasteiger charge is -2.16. The molecular formula is C17H17N5O6. The molecule has 1 saturated heterocycles. The standard InChI is InChI=1S/C17H17N5O6/c18-17-20-13-10(15(27)22(17)14(26)8-4-2-1-3-5-8)19-7-21(13)16-12(25)11(24)9(6-23)28-16/h1-5,7,9,11-12,16,23-25H,6H2,(H2,18,20)/t9-,11-,12-,16-/m1/s1. The Morgan fingerprint density at radius 1 is 1.21 bits per heavy atom. The van der Waals surface area contributed by atoms with Crippen molar-refractivity contribution in [3.63, 3.8) is 0 Å². The quantitative estimate of drug-likeness (QED) is 0.417. The average Bonchev–Trinajstić information content (AvgIpc) is 3.23. The van der Waals surface area contributed by atoms with Crippen molar-refractivity contribution in [2.24, 2.45) is 0 Å². The van der Waals surface area contributed by atoms with Crippen LogP contribution in [0.1, 0.15) is 16.6 Å². The zero-order valence-corrected chi connectivity index (χ0v) is 14.4. The van der Waals surface area contributed by atoms with Crippen molar-refractivity contribution in [3.8, 4) is 0 Å². The number of hydrogen-bond donors (Lipinski definition) is 4. The van der Waals surface area contributed by atoms with Gasteiger partial charge >= 0.3 is 0 Å². The topological polar surface area (TPSA) is 166 Å². The molecule has 3 heterocycles. The van der Waals surface area contributed by atoms with Crippen LogP contribution in [0, 0.1) is 0 Å². The van der Waals surface area contributed by atoms with E-state index >= 15 is 0 Å². The van der Waals surface area contributed by atoms with Crippen LogP contribution in [-0.4, -0.2) is 65.2 Å². The molecule has 0 amide bonds. The van der Waals surface area contributed by atoms with Gasteiger partial charge in [0.05, 0.1) is 12.9 Å². The van der Waals surface area contributed by atoms with Crippen LogP contribution < -0.4 is 11.3 Å². The molecule has 1 aliphatic heterocycles. The highest BCUT2D eigenvalue weighted by Gasteiger charge is 2.44. The number of aromatic nitrogens is 4. The Balaban J connectivity index is 1.81. The number of carbonyl (C=O) groups excluding carboxylic acids is 1. The number of nitrogen functional groups attached to an aromatic ring is 1. The largest absolute Gasteiger partial charge is 0.394 e. The summed E-state index contributed by atoms with van der Waals surface area (Å²) in [5.74, 6) is -1.01. The van der Waals surface area contributed by atoms with Crippen LogP contribution in [-0.2, 0) is 4.74 Å². The van der Waals surface area contributed by atoms with E-state index in [9.17, 15) is 24.9 Å². The van der Waals surface area contributed by atoms with Gasteiger partial charge in [-0.15, -0.1) is 0 Å². The fraction of sp³-hybridized carbons (Fsp3) is 0.294. The van der Waals surface area contributed by atoms with Crippen LogP contribution in [0.15, 0.2) is 41.5 Å². The number of ether oxygens (including phenoxy) is 1. The lowest BCUT2D eigenvalue weighted by molar-refractivity contribution is -0.0511. The summed E-state index contributed by atoms with van der Waals surface area (Å²) < 4.78 is 7.38. The second-order valence-corrected chi connectivity index (χ2v) is 6.33. The molecule has 0 saturated carbocycles. The molecule has 0 unspecified atom stereocenters. The van der Waals surface area contributed by atoms with Gasteiger partial charge in [0.15, 0.2) is 17.4 Å². The van der Waals surface area contributed by atoms with Gasteiger partial charge in [0.25, 0.3) is 11.5 Å². The third kappa shape index (κ3) is 2.68. The van der Waals surface area contributed by atoms with E-state index in [-0.39, 0.29) is 22.7 Å². The molecule has 1 aromatic carbocycles. The van der Waals surface area contributed by atoms with Crippen LogP contribution in [0.5, 0.6) is 0 Å². The maximum Gasteiger partial charge on any atom is 0.290 e. The number of hydrogen-bond acceptors (Lipinski definition) is 9. The number of nitrogens with two attached hydrogens (primary N) is 1. The highest BCUT2D eigenvalue weighted by atomic mass is 16.6. The highest BCUT2D eigenvalue weighted by molar-refractivity contribution is 5.98. The van der Waals surface area contributed by atoms with Crippen LogP contribution >= 0.6 is 0 Å². The van der Waals surface area contributed by atoms with Gasteiger partial charge in [-0.1, -0.05) is 18.2 Å². The number of aliphatic hydroxyl groups is 3. The van der Waals surface area contributed by atoms with Gasteiger partial charge in [0.1, 0.15) is 18.3 Å². The number of imidazole rings is 1. The van der Waals surface area contributed by atoms with E-state index in [2.05, 4.69) is 9.97 Å². The monoisotopic (exact) mass is 387 g/mol. The molecule has 4 rings (SSSR count). The van der Waals surface area contributed by atoms with Crippen molar-refractivity contribution in [2.45, 2.75) is 24.5 Å². The van der Waals surface area contributed by atoms with Crippen molar-refractivity contribution < 1.29 is 24.9 Å². The molecular weight excluding hydrogens is 370 g/mol. The first-order valence-electron chi connectivity index (χ1n) is 8.41. The fourth-order valence-corrected chi connectivity index (χ4v) is 3.19. The molecule has 0 spiro atoms. The maximum atomic E-state index is 12.8. The Bertz CT molecular complexity index is 1090. The number of rotatable bonds is 3. The van der Waals surface area contributed by atoms with Crippen LogP contribution in [0.25, 0.3) is 11.2 Å². The summed E-state index contributed by atoms with van der Waals surface area (Å²) in [5.41, 5.74) is 5.16. The molecule has 1 fully saturated rings. The number of benzene rings is 1. The van der Waals surface area contributed by atoms with Gasteiger partial charge in [-0.25, -0.2) is 9.55 Å². The second kappa shape index (κ2) is 6.80. The molecule has 0 bridgehead atoms. The van der Waals surface area contributed by atoms with Crippen molar-refractivity contribution in [1.82, 2.24) is 19.1 Å². The molecule has 0 radical (unpaired) electrons. The minimum absolute atomic E-state index is 0.0190. The predicted octanol–water partition coefficient (Wildman–Crippen LogP) is -1.52. The summed E-state index contributed by atoms with van der Waals surface area (Å²) >= 11 is 0. The number of carbonyl (C=O) groups is 1. The molecule has 5 N–H and O–H groups in total. The lowest BCUT2D eigenvalue weighted by atomic mass is 10.1. The first-order valence-corrected chi connectivity index (χ1v) is 8.41. The zero-order chi connectivity index (χ0) is 20.0. The molecule has 0 aliphatic carbocycles. The van der Waals surface area contributed by atoms with E-state index in [1.165, 1.54) is 23.0 Å². The van der Waals surface area contributed by atoms with Crippen LogP contribution in [0.4, 0.5) is 5.95 Å². The summed E-state index contributed by atoms with van der Waals surface area (Å²) in [7, 11) is 0. The first-order chi connectivity index (χ1) is 13.4. The van der Waals surface area contributed by atoms with Crippen LogP contribution in [0.3, 0.4) is 0 Å². The predicted molar refractivity (Wildman–Crippen MR) is 95.4 cm³/mol. The van der Waals surface area contributed by atoms with E-state index in [0.29, 0.717) is 4.57 Å². The molecule has 3 aromatic rings. The number of nitrogens with zero attached hydrogens (tertiary/aromatic N) is 4. The number of anilines is 1. The van der Waals surface area contributed by atoms with Gasteiger partial charge in [-0.2, -0.15) is 4.98 Å². The SMILES string of the molecule is Nc1nc2c(ncn2[C@@H]2O[C@H](CO)[C@@H](O)[C@H]2O)c(=O)n1C(=O)c1ccccc1. The minimum Gasteiger partial charge on any atom is -0.394 e. The summed E-state index contributed by atoms with van der Waals surface area (Å²) in [6.07, 6.45) is -3.66. The van der Waals surface area contributed by atoms with E-state index in [1.54, 1.807) is 18.2 Å². The zero-order valence-electron chi connectivity index (χ0n) is 14.4. The Morgan fingerprint density at radius 2 is 1.93 bits per heavy atom. The first kappa shape index (κ1) is 18.3. The molecule has 28 heavy (non-hydrogen) atoms. The van der Waals surface area contributed by atoms with Gasteiger partial charge in [0, 0.05) is 5.56 Å². The lowest BCUT2D eigenvalue weighted by Crippen LogP contribution is -2.33. The van der Waals surface area contributed by atoms with Crippen molar-refractivity contribution in [2.75, 3.05) is 12.3 Å². The molecule has 146 valence electrons. The van der Waals surface area contributed by atoms with E-state index in [0.717, 1.165) is 0 Å². The minimum atomic E-state index is -1.38. The summed E-state index contributed by atoms with van der Waals surface area (Å²) in [4.78, 5) is 33.5. The molecule has 1 aliphatic rings. The highest BCUT2D eigenvalue weighted by Crippen LogP contribution is 2.30. The van der Waals surface area contributed by atoms with Crippen molar-refractivity contribution in [1.29, 1.82) is 0 Å². The van der Waals surface area contributed by atoms with E-state index in [1.807, 2.05) is 0 Å². The van der Waals surface area contributed by atoms with E-state index in [4.69, 9.17) is 10.5 Å². The smallest absolute Gasteiger partial charge is 0.290 e. The van der Waals surface area contributed by atoms with Crippen LogP contribution in [0.2, 0.25) is 0 Å². The normalized spacial score (nSPS) is 24.7. The Morgan fingerprint density at radius 3 is 2.57 bits per heavy atom. The maximum absolute atomic E-state index is 12.8. The van der Waals surface area contributed by atoms with Gasteiger partial charge in [-0.3, -0.25) is 14.2 Å². The number of fused-ring (bicyclic) bond motifs is 1.